The lowest BCUT2D eigenvalue weighted by molar-refractivity contribution is 0.0505. The number of rotatable bonds is 9. The third-order valence-corrected chi connectivity index (χ3v) is 22.2. The Hall–Kier alpha value is -7.09. The fraction of sp³-hybridized carbons (Fsp3) is 0.230. The molecule has 36 heteroatoms. The van der Waals surface area contributed by atoms with Gasteiger partial charge in [0, 0.05) is 27.7 Å². The fourth-order valence-corrected chi connectivity index (χ4v) is 17.6. The number of amides is 1. The standard InChI is InChI=1S/C20H17Cl2N7O2S.C20H22Cl2N2O4S.C15H14Cl2N2O2S.C5H4ClN5.CH2Cl2/c21-12-5-6-17(15(22)8-12)32(30,31)29-10-13(7-11-3-1-2-4-16(11)29)25-18-14-9-24-28-19(14)27-20(23)26-18;1-20(2,3)28-19(25)23-15-10-13-6-4-5-7-17(13)24(12-15)29(26,27)18-9-8-14(21)11-16(18)22;16-11-5-6-15(13(17)8-11)22(20,21)19-9-12(18)7-10-3-1-2-4-14(10)19;6-3-2-1-8-11-4(2)10-5(7)9-3;2-1-3/h1-6,8-9,13H,7,10H2,(H4,23,24,25,26,27,28);4-9,11,15H,10,12H2,1-3H3,(H,23,25);1-6,8,12H,7,9,18H2;1H,(H3,7,8,9,10,11);1H2. The zero-order valence-corrected chi connectivity index (χ0v) is 60.4. The Morgan fingerprint density at radius 2 is 0.928 bits per heavy atom. The number of sulfonamides is 3. The van der Waals surface area contributed by atoms with E-state index in [1.807, 2.05) is 42.5 Å². The van der Waals surface area contributed by atoms with Crippen molar-refractivity contribution in [2.24, 2.45) is 5.73 Å². The molecule has 3 unspecified atom stereocenters. The first-order valence-electron chi connectivity index (χ1n) is 28.8. The number of halogens is 9. The lowest BCUT2D eigenvalue weighted by Crippen LogP contribution is -2.51. The van der Waals surface area contributed by atoms with E-state index in [2.05, 4.69) is 51.0 Å². The summed E-state index contributed by atoms with van der Waals surface area (Å²) in [6, 6.07) is 33.8. The number of aromatic amines is 2. The largest absolute Gasteiger partial charge is 0.444 e. The van der Waals surface area contributed by atoms with Crippen LogP contribution in [0.2, 0.25) is 35.3 Å². The third-order valence-electron chi connectivity index (χ3n) is 14.4. The summed E-state index contributed by atoms with van der Waals surface area (Å²) in [6.07, 6.45) is 4.27. The maximum Gasteiger partial charge on any atom is 0.407 e. The predicted octanol–water partition coefficient (Wildman–Crippen LogP) is 13.2. The molecule has 97 heavy (non-hydrogen) atoms. The van der Waals surface area contributed by atoms with Gasteiger partial charge in [-0.3, -0.25) is 23.1 Å². The van der Waals surface area contributed by atoms with E-state index in [1.165, 1.54) is 67.5 Å². The molecule has 1 amide bonds. The summed E-state index contributed by atoms with van der Waals surface area (Å²) in [4.78, 5) is 28.2. The van der Waals surface area contributed by atoms with E-state index in [1.54, 1.807) is 63.5 Å². The molecule has 0 saturated carbocycles. The van der Waals surface area contributed by atoms with Crippen LogP contribution in [0.25, 0.3) is 22.1 Å². The van der Waals surface area contributed by atoms with Gasteiger partial charge in [-0.2, -0.15) is 25.1 Å². The maximum atomic E-state index is 13.6. The van der Waals surface area contributed by atoms with Crippen molar-refractivity contribution < 1.29 is 34.8 Å². The molecule has 3 atom stereocenters. The number of carbonyl (C=O) groups is 1. The summed E-state index contributed by atoms with van der Waals surface area (Å²) >= 11 is 51.5. The van der Waals surface area contributed by atoms with Crippen LogP contribution in [-0.2, 0) is 54.1 Å². The van der Waals surface area contributed by atoms with Gasteiger partial charge in [0.2, 0.25) is 11.9 Å². The summed E-state index contributed by atoms with van der Waals surface area (Å²) in [7, 11) is -11.7. The van der Waals surface area contributed by atoms with Crippen molar-refractivity contribution in [2.75, 3.05) is 54.7 Å². The van der Waals surface area contributed by atoms with E-state index < -0.39 is 47.8 Å². The molecule has 24 nitrogen and oxygen atoms in total. The van der Waals surface area contributed by atoms with Gasteiger partial charge < -0.3 is 32.6 Å². The van der Waals surface area contributed by atoms with Crippen molar-refractivity contribution in [1.82, 2.24) is 45.6 Å². The second-order valence-corrected chi connectivity index (χ2v) is 31.6. The van der Waals surface area contributed by atoms with E-state index in [-0.39, 0.29) is 78.7 Å². The average molecular weight is 1560 g/mol. The number of carbonyl (C=O) groups excluding carboxylic acids is 1. The molecule has 4 aromatic heterocycles. The molecule has 3 aliphatic heterocycles. The predicted molar refractivity (Wildman–Crippen MR) is 386 cm³/mol. The van der Waals surface area contributed by atoms with Gasteiger partial charge in [-0.1, -0.05) is 136 Å². The molecule has 3 aliphatic rings. The first-order valence-corrected chi connectivity index (χ1v) is 36.8. The fourth-order valence-electron chi connectivity index (χ4n) is 10.4. The van der Waals surface area contributed by atoms with Crippen LogP contribution in [0, 0.1) is 0 Å². The molecular weight excluding hydrogens is 1500 g/mol. The van der Waals surface area contributed by atoms with Crippen LogP contribution >= 0.6 is 104 Å². The van der Waals surface area contributed by atoms with Crippen LogP contribution < -0.4 is 40.8 Å². The number of ether oxygens (including phenoxy) is 1. The molecule has 512 valence electrons. The number of benzene rings is 6. The van der Waals surface area contributed by atoms with Gasteiger partial charge in [0.1, 0.15) is 31.3 Å². The number of nitrogens with two attached hydrogens (primary N) is 3. The minimum Gasteiger partial charge on any atom is -0.444 e. The number of hydrogen-bond donors (Lipinski definition) is 7. The number of H-pyrrole nitrogens is 2. The van der Waals surface area contributed by atoms with Crippen molar-refractivity contribution in [3.63, 3.8) is 0 Å². The van der Waals surface area contributed by atoms with Gasteiger partial charge in [-0.25, -0.2) is 35.0 Å². The Morgan fingerprint density at radius 3 is 1.37 bits per heavy atom. The Kier molecular flexibility index (Phi) is 24.0. The highest BCUT2D eigenvalue weighted by atomic mass is 35.5. The highest BCUT2D eigenvalue weighted by Gasteiger charge is 2.38. The van der Waals surface area contributed by atoms with Gasteiger partial charge in [0.25, 0.3) is 30.1 Å². The van der Waals surface area contributed by atoms with Crippen LogP contribution in [0.3, 0.4) is 0 Å². The first-order chi connectivity index (χ1) is 45.9. The molecular formula is C61H59Cl9N16O8S3. The van der Waals surface area contributed by atoms with Crippen LogP contribution in [0.4, 0.5) is 39.6 Å². The second-order valence-electron chi connectivity index (χ2n) is 22.4. The van der Waals surface area contributed by atoms with Crippen molar-refractivity contribution >= 4 is 197 Å². The highest BCUT2D eigenvalue weighted by molar-refractivity contribution is 7.93. The van der Waals surface area contributed by atoms with Gasteiger partial charge in [-0.05, 0) is 130 Å². The van der Waals surface area contributed by atoms with E-state index >= 15 is 0 Å². The lowest BCUT2D eigenvalue weighted by atomic mass is 9.99. The number of nitrogens with zero attached hydrogens (tertiary/aromatic N) is 9. The van der Waals surface area contributed by atoms with E-state index in [4.69, 9.17) is 126 Å². The Bertz CT molecular complexity index is 4880. The van der Waals surface area contributed by atoms with Crippen LogP contribution in [0.5, 0.6) is 0 Å². The monoisotopic (exact) mass is 1550 g/mol. The summed E-state index contributed by atoms with van der Waals surface area (Å²) in [5.41, 5.74) is 22.0. The zero-order valence-electron chi connectivity index (χ0n) is 51.1. The van der Waals surface area contributed by atoms with Crippen molar-refractivity contribution in [3.05, 3.63) is 192 Å². The molecule has 0 saturated heterocycles. The average Bonchev–Trinajstić information content (AvgIpc) is 1.34. The third kappa shape index (κ3) is 17.9. The number of hydrogen-bond acceptors (Lipinski definition) is 18. The van der Waals surface area contributed by atoms with Crippen molar-refractivity contribution in [2.45, 2.75) is 78.4 Å². The summed E-state index contributed by atoms with van der Waals surface area (Å²) < 4.78 is 89.2. The lowest BCUT2D eigenvalue weighted by Gasteiger charge is -2.36. The SMILES string of the molecule is CC(C)(C)OC(=O)NC1Cc2ccccc2N(S(=O)(=O)c2ccc(Cl)cc2Cl)C1.ClCCl.NC1Cc2ccccc2N(S(=O)(=O)c2ccc(Cl)cc2Cl)C1.Nc1nc(Cl)c2cn[nH]c2n1.Nc1nc(NC2Cc3ccccc3N(S(=O)(=O)c3ccc(Cl)cc3Cl)C2)c2cn[nH]c2n1. The number of nitrogens with one attached hydrogen (secondary N) is 4. The highest BCUT2D eigenvalue weighted by Crippen LogP contribution is 2.39. The molecule has 7 heterocycles. The van der Waals surface area contributed by atoms with Gasteiger partial charge >= 0.3 is 6.09 Å². The zero-order chi connectivity index (χ0) is 70.3. The van der Waals surface area contributed by atoms with Crippen LogP contribution in [-0.4, -0.2) is 120 Å². The molecule has 0 aliphatic carbocycles. The Balaban J connectivity index is 0.000000157. The topological polar surface area (TPSA) is 349 Å². The number of anilines is 6. The second kappa shape index (κ2) is 31.4. The molecule has 13 rings (SSSR count). The Morgan fingerprint density at radius 1 is 0.546 bits per heavy atom. The number of para-hydroxylation sites is 3. The molecule has 0 radical (unpaired) electrons. The van der Waals surface area contributed by atoms with Gasteiger partial charge in [-0.15, -0.1) is 23.2 Å². The quantitative estimate of drug-likeness (QED) is 0.0521. The summed E-state index contributed by atoms with van der Waals surface area (Å²) in [6.45, 7) is 5.73. The number of alkyl halides is 2. The molecule has 0 fully saturated rings. The minimum atomic E-state index is -3.98. The number of aromatic nitrogens is 8. The van der Waals surface area contributed by atoms with Gasteiger partial charge in [0.05, 0.1) is 85.8 Å². The van der Waals surface area contributed by atoms with Crippen molar-refractivity contribution in [3.8, 4) is 0 Å². The van der Waals surface area contributed by atoms with E-state index in [0.29, 0.717) is 84.4 Å². The minimum absolute atomic E-state index is 0.0116. The molecule has 10 N–H and O–H groups in total. The smallest absolute Gasteiger partial charge is 0.407 e. The molecule has 10 aromatic rings. The normalized spacial score (nSPS) is 15.9. The van der Waals surface area contributed by atoms with Gasteiger partial charge in [0.15, 0.2) is 11.3 Å². The Labute approximate surface area is 603 Å². The van der Waals surface area contributed by atoms with Crippen LogP contribution in [0.15, 0.2) is 154 Å². The first kappa shape index (κ1) is 74.1. The number of fused-ring (bicyclic) bond motifs is 5. The van der Waals surface area contributed by atoms with Crippen molar-refractivity contribution in [1.29, 1.82) is 0 Å². The van der Waals surface area contributed by atoms with E-state index in [9.17, 15) is 30.0 Å². The number of alkyl carbamates (subject to hydrolysis) is 1. The molecule has 0 bridgehead atoms. The number of nitrogen functional groups attached to an aromatic ring is 2. The molecule has 0 spiro atoms. The van der Waals surface area contributed by atoms with E-state index in [0.717, 1.165) is 16.7 Å². The summed E-state index contributed by atoms with van der Waals surface area (Å²) in [5.74, 6) is 0.706. The maximum absolute atomic E-state index is 13.6. The van der Waals surface area contributed by atoms with Crippen LogP contribution in [0.1, 0.15) is 37.5 Å². The summed E-state index contributed by atoms with van der Waals surface area (Å²) in [5, 5.41) is 22.4. The molecule has 6 aromatic carbocycles.